The molecule has 6 nitrogen and oxygen atoms in total. The van der Waals surface area contributed by atoms with Gasteiger partial charge in [0.05, 0.1) is 5.92 Å². The Bertz CT molecular complexity index is 334. The van der Waals surface area contributed by atoms with Crippen LogP contribution in [0.25, 0.3) is 0 Å². The van der Waals surface area contributed by atoms with Crippen LogP contribution >= 0.6 is 0 Å². The molecule has 0 saturated carbocycles. The Hall–Kier alpha value is -1.30. The number of carbonyl (C=O) groups is 2. The van der Waals surface area contributed by atoms with Gasteiger partial charge in [0.2, 0.25) is 5.91 Å². The van der Waals surface area contributed by atoms with Crippen molar-refractivity contribution in [1.29, 1.82) is 0 Å². The number of hydrogen-bond donors (Lipinski definition) is 3. The van der Waals surface area contributed by atoms with E-state index < -0.39 is 0 Å². The Balaban J connectivity index is 2.33. The Labute approximate surface area is 128 Å². The summed E-state index contributed by atoms with van der Waals surface area (Å²) in [6.45, 7) is 7.67. The summed E-state index contributed by atoms with van der Waals surface area (Å²) in [6, 6.07) is -0.0450. The summed E-state index contributed by atoms with van der Waals surface area (Å²) < 4.78 is 0. The molecule has 122 valence electrons. The zero-order valence-corrected chi connectivity index (χ0v) is 13.6. The van der Waals surface area contributed by atoms with Gasteiger partial charge in [-0.05, 0) is 38.8 Å². The van der Waals surface area contributed by atoms with E-state index in [0.29, 0.717) is 25.6 Å². The minimum Gasteiger partial charge on any atom is -0.356 e. The Morgan fingerprint density at radius 3 is 2.67 bits per heavy atom. The van der Waals surface area contributed by atoms with Crippen molar-refractivity contribution in [2.75, 3.05) is 39.8 Å². The maximum Gasteiger partial charge on any atom is 0.317 e. The molecule has 0 aliphatic carbocycles. The predicted octanol–water partition coefficient (Wildman–Crippen LogP) is 0.790. The van der Waals surface area contributed by atoms with E-state index >= 15 is 0 Å². The Morgan fingerprint density at radius 1 is 1.24 bits per heavy atom. The van der Waals surface area contributed by atoms with Crippen LogP contribution in [0.15, 0.2) is 0 Å². The average molecular weight is 298 g/mol. The molecule has 3 N–H and O–H groups in total. The number of hydrogen-bond acceptors (Lipinski definition) is 3. The molecule has 0 radical (unpaired) electrons. The van der Waals surface area contributed by atoms with Crippen molar-refractivity contribution in [3.05, 3.63) is 0 Å². The quantitative estimate of drug-likeness (QED) is 0.608. The van der Waals surface area contributed by atoms with Crippen molar-refractivity contribution in [3.63, 3.8) is 0 Å². The normalized spacial score (nSPS) is 18.7. The second-order valence-electron chi connectivity index (χ2n) is 6.11. The smallest absolute Gasteiger partial charge is 0.317 e. The van der Waals surface area contributed by atoms with Crippen LogP contribution in [0, 0.1) is 11.8 Å². The van der Waals surface area contributed by atoms with Gasteiger partial charge in [-0.3, -0.25) is 4.79 Å². The van der Waals surface area contributed by atoms with Crippen molar-refractivity contribution in [1.82, 2.24) is 20.9 Å². The van der Waals surface area contributed by atoms with Crippen molar-refractivity contribution >= 4 is 11.9 Å². The first-order valence-electron chi connectivity index (χ1n) is 7.99. The number of rotatable bonds is 7. The van der Waals surface area contributed by atoms with Gasteiger partial charge in [0.1, 0.15) is 0 Å². The van der Waals surface area contributed by atoms with E-state index in [9.17, 15) is 9.59 Å². The third-order valence-corrected chi connectivity index (χ3v) is 3.64. The van der Waals surface area contributed by atoms with Crippen LogP contribution in [-0.2, 0) is 4.79 Å². The molecule has 1 fully saturated rings. The van der Waals surface area contributed by atoms with Gasteiger partial charge in [0.15, 0.2) is 0 Å². The molecule has 0 spiro atoms. The molecule has 1 unspecified atom stereocenters. The first-order chi connectivity index (χ1) is 10.0. The van der Waals surface area contributed by atoms with E-state index in [1.54, 1.807) is 4.90 Å². The van der Waals surface area contributed by atoms with E-state index in [1.165, 1.54) is 0 Å². The van der Waals surface area contributed by atoms with Crippen LogP contribution in [0.2, 0.25) is 0 Å². The summed E-state index contributed by atoms with van der Waals surface area (Å²) in [5.74, 6) is 0.440. The summed E-state index contributed by atoms with van der Waals surface area (Å²) in [6.07, 6.45) is 2.68. The zero-order valence-electron chi connectivity index (χ0n) is 13.6. The lowest BCUT2D eigenvalue weighted by molar-refractivity contribution is -0.126. The van der Waals surface area contributed by atoms with Crippen LogP contribution in [0.4, 0.5) is 4.79 Å². The zero-order chi connectivity index (χ0) is 15.7. The third-order valence-electron chi connectivity index (χ3n) is 3.64. The van der Waals surface area contributed by atoms with Crippen LogP contribution in [-0.4, -0.2) is 56.6 Å². The fourth-order valence-electron chi connectivity index (χ4n) is 2.40. The molecule has 1 atom stereocenters. The van der Waals surface area contributed by atoms with Crippen molar-refractivity contribution in [2.24, 2.45) is 11.8 Å². The predicted molar refractivity (Wildman–Crippen MR) is 84.1 cm³/mol. The monoisotopic (exact) mass is 298 g/mol. The number of piperidine rings is 1. The molecule has 0 aromatic heterocycles. The highest BCUT2D eigenvalue weighted by Gasteiger charge is 2.28. The average Bonchev–Trinajstić information content (AvgIpc) is 2.49. The number of nitrogens with one attached hydrogen (secondary N) is 3. The highest BCUT2D eigenvalue weighted by Crippen LogP contribution is 2.16. The second kappa shape index (κ2) is 9.60. The molecule has 0 aromatic carbocycles. The molecular formula is C15H30N4O2. The lowest BCUT2D eigenvalue weighted by Crippen LogP contribution is -2.49. The fraction of sp³-hybridized carbons (Fsp3) is 0.867. The highest BCUT2D eigenvalue weighted by molar-refractivity contribution is 5.80. The summed E-state index contributed by atoms with van der Waals surface area (Å²) in [5.41, 5.74) is 0. The fourth-order valence-corrected chi connectivity index (χ4v) is 2.40. The van der Waals surface area contributed by atoms with Crippen LogP contribution in [0.5, 0.6) is 0 Å². The van der Waals surface area contributed by atoms with Gasteiger partial charge < -0.3 is 20.9 Å². The molecule has 0 aromatic rings. The molecule has 1 aliphatic heterocycles. The van der Waals surface area contributed by atoms with Gasteiger partial charge in [0, 0.05) is 26.2 Å². The van der Waals surface area contributed by atoms with E-state index in [-0.39, 0.29) is 17.9 Å². The van der Waals surface area contributed by atoms with Gasteiger partial charge in [0.25, 0.3) is 0 Å². The molecule has 6 heteroatoms. The lowest BCUT2D eigenvalue weighted by atomic mass is 9.97. The van der Waals surface area contributed by atoms with Gasteiger partial charge >= 0.3 is 6.03 Å². The van der Waals surface area contributed by atoms with E-state index in [2.05, 4.69) is 29.8 Å². The minimum absolute atomic E-state index is 0.0450. The molecule has 1 heterocycles. The summed E-state index contributed by atoms with van der Waals surface area (Å²) in [7, 11) is 1.90. The molecule has 1 saturated heterocycles. The Morgan fingerprint density at radius 2 is 2.00 bits per heavy atom. The van der Waals surface area contributed by atoms with E-state index in [0.717, 1.165) is 32.4 Å². The molecule has 3 amide bonds. The van der Waals surface area contributed by atoms with Gasteiger partial charge in [-0.2, -0.15) is 0 Å². The minimum atomic E-state index is -0.0712. The first-order valence-corrected chi connectivity index (χ1v) is 7.99. The summed E-state index contributed by atoms with van der Waals surface area (Å²) in [4.78, 5) is 25.9. The highest BCUT2D eigenvalue weighted by atomic mass is 16.2. The number of urea groups is 1. The van der Waals surface area contributed by atoms with Crippen molar-refractivity contribution in [2.45, 2.75) is 33.1 Å². The van der Waals surface area contributed by atoms with Gasteiger partial charge in [-0.15, -0.1) is 0 Å². The standard InChI is InChI=1S/C15H30N4O2/c1-12(2)10-18-15(21)19-9-4-6-13(11-19)14(20)17-8-5-7-16-3/h12-13,16H,4-11H2,1-3H3,(H,17,20)(H,18,21). The first kappa shape index (κ1) is 17.8. The summed E-state index contributed by atoms with van der Waals surface area (Å²) in [5, 5.41) is 8.93. The number of amides is 3. The number of carbonyl (C=O) groups excluding carboxylic acids is 2. The molecule has 1 rings (SSSR count). The number of likely N-dealkylation sites (tertiary alicyclic amines) is 1. The topological polar surface area (TPSA) is 73.5 Å². The van der Waals surface area contributed by atoms with Gasteiger partial charge in [-0.1, -0.05) is 13.8 Å². The molecule has 1 aliphatic rings. The third kappa shape index (κ3) is 6.80. The van der Waals surface area contributed by atoms with Gasteiger partial charge in [-0.25, -0.2) is 4.79 Å². The Kier molecular flexibility index (Phi) is 8.12. The maximum atomic E-state index is 12.1. The largest absolute Gasteiger partial charge is 0.356 e. The van der Waals surface area contributed by atoms with Crippen molar-refractivity contribution in [3.8, 4) is 0 Å². The maximum absolute atomic E-state index is 12.1. The molecule has 21 heavy (non-hydrogen) atoms. The van der Waals surface area contributed by atoms with Crippen LogP contribution in [0.3, 0.4) is 0 Å². The lowest BCUT2D eigenvalue weighted by Gasteiger charge is -2.32. The van der Waals surface area contributed by atoms with Crippen LogP contribution in [0.1, 0.15) is 33.1 Å². The van der Waals surface area contributed by atoms with E-state index in [4.69, 9.17) is 0 Å². The van der Waals surface area contributed by atoms with Crippen LogP contribution < -0.4 is 16.0 Å². The van der Waals surface area contributed by atoms with Crippen molar-refractivity contribution < 1.29 is 9.59 Å². The van der Waals surface area contributed by atoms with E-state index in [1.807, 2.05) is 7.05 Å². The second-order valence-corrected chi connectivity index (χ2v) is 6.11. The molecule has 0 bridgehead atoms. The number of nitrogens with zero attached hydrogens (tertiary/aromatic N) is 1. The SMILES string of the molecule is CNCCCNC(=O)C1CCCN(C(=O)NCC(C)C)C1. The summed E-state index contributed by atoms with van der Waals surface area (Å²) >= 11 is 0. The molecular weight excluding hydrogens is 268 g/mol.